The number of benzene rings is 2. The SMILES string of the molecule is CC(=O)N[C@H](Cc1ccc(F)cc1)C(=O)N[C@H](Cc1cc(Cl)ccc1Br)C(N)=O. The molecule has 0 heterocycles. The van der Waals surface area contributed by atoms with Gasteiger partial charge in [0.15, 0.2) is 0 Å². The molecule has 2 rings (SSSR count). The highest BCUT2D eigenvalue weighted by atomic mass is 79.9. The van der Waals surface area contributed by atoms with Gasteiger partial charge in [0.2, 0.25) is 17.7 Å². The zero-order chi connectivity index (χ0) is 21.6. The Morgan fingerprint density at radius 2 is 1.72 bits per heavy atom. The average molecular weight is 485 g/mol. The zero-order valence-electron chi connectivity index (χ0n) is 15.5. The summed E-state index contributed by atoms with van der Waals surface area (Å²) >= 11 is 9.37. The molecule has 29 heavy (non-hydrogen) atoms. The fourth-order valence-electron chi connectivity index (χ4n) is 2.73. The molecule has 2 aromatic rings. The molecular weight excluding hydrogens is 465 g/mol. The largest absolute Gasteiger partial charge is 0.368 e. The van der Waals surface area contributed by atoms with Gasteiger partial charge in [-0.05, 0) is 41.5 Å². The van der Waals surface area contributed by atoms with E-state index in [9.17, 15) is 18.8 Å². The first kappa shape index (κ1) is 22.8. The molecule has 3 amide bonds. The first-order valence-electron chi connectivity index (χ1n) is 8.71. The first-order chi connectivity index (χ1) is 13.7. The molecule has 0 aliphatic heterocycles. The molecule has 0 unspecified atom stereocenters. The van der Waals surface area contributed by atoms with Crippen LogP contribution in [0, 0.1) is 5.82 Å². The maximum atomic E-state index is 13.1. The maximum Gasteiger partial charge on any atom is 0.243 e. The van der Waals surface area contributed by atoms with Crippen molar-refractivity contribution in [3.8, 4) is 0 Å². The minimum absolute atomic E-state index is 0.117. The van der Waals surface area contributed by atoms with Crippen LogP contribution in [0.2, 0.25) is 5.02 Å². The Morgan fingerprint density at radius 1 is 1.07 bits per heavy atom. The van der Waals surface area contributed by atoms with Crippen molar-refractivity contribution in [2.45, 2.75) is 31.8 Å². The maximum absolute atomic E-state index is 13.1. The third kappa shape index (κ3) is 7.14. The highest BCUT2D eigenvalue weighted by molar-refractivity contribution is 9.10. The van der Waals surface area contributed by atoms with Gasteiger partial charge in [0.1, 0.15) is 17.9 Å². The van der Waals surface area contributed by atoms with Crippen LogP contribution in [0.1, 0.15) is 18.1 Å². The molecule has 0 fully saturated rings. The molecule has 0 saturated heterocycles. The number of carbonyl (C=O) groups is 3. The molecule has 0 bridgehead atoms. The highest BCUT2D eigenvalue weighted by Gasteiger charge is 2.26. The summed E-state index contributed by atoms with van der Waals surface area (Å²) < 4.78 is 13.8. The minimum atomic E-state index is -1.01. The summed E-state index contributed by atoms with van der Waals surface area (Å²) in [6.07, 6.45) is 0.240. The van der Waals surface area contributed by atoms with Gasteiger partial charge in [-0.3, -0.25) is 14.4 Å². The summed E-state index contributed by atoms with van der Waals surface area (Å²) in [4.78, 5) is 36.2. The van der Waals surface area contributed by atoms with E-state index in [0.717, 1.165) is 0 Å². The Bertz CT molecular complexity index is 908. The first-order valence-corrected chi connectivity index (χ1v) is 9.88. The van der Waals surface area contributed by atoms with Crippen molar-refractivity contribution in [1.82, 2.24) is 10.6 Å². The van der Waals surface area contributed by atoms with Gasteiger partial charge >= 0.3 is 0 Å². The highest BCUT2D eigenvalue weighted by Crippen LogP contribution is 2.22. The molecule has 9 heteroatoms. The van der Waals surface area contributed by atoms with Crippen molar-refractivity contribution >= 4 is 45.3 Å². The van der Waals surface area contributed by atoms with E-state index < -0.39 is 35.6 Å². The summed E-state index contributed by atoms with van der Waals surface area (Å²) in [5, 5.41) is 5.60. The fourth-order valence-corrected chi connectivity index (χ4v) is 3.33. The number of rotatable bonds is 8. The van der Waals surface area contributed by atoms with Crippen molar-refractivity contribution in [1.29, 1.82) is 0 Å². The second kappa shape index (κ2) is 10.4. The Kier molecular flexibility index (Phi) is 8.16. The molecule has 2 atom stereocenters. The topological polar surface area (TPSA) is 101 Å². The monoisotopic (exact) mass is 483 g/mol. The Morgan fingerprint density at radius 3 is 2.31 bits per heavy atom. The third-order valence-corrected chi connectivity index (χ3v) is 5.15. The molecule has 4 N–H and O–H groups in total. The number of nitrogens with two attached hydrogens (primary N) is 1. The smallest absolute Gasteiger partial charge is 0.243 e. The lowest BCUT2D eigenvalue weighted by atomic mass is 10.0. The van der Waals surface area contributed by atoms with E-state index >= 15 is 0 Å². The number of hydrogen-bond acceptors (Lipinski definition) is 3. The summed E-state index contributed by atoms with van der Waals surface area (Å²) in [7, 11) is 0. The Balaban J connectivity index is 2.16. The zero-order valence-corrected chi connectivity index (χ0v) is 17.9. The molecule has 0 radical (unpaired) electrons. The Labute approximate surface area is 181 Å². The normalized spacial score (nSPS) is 12.7. The standard InChI is InChI=1S/C20H20BrClFN3O3/c1-11(27)25-18(8-12-2-5-15(23)6-3-12)20(29)26-17(19(24)28)10-13-9-14(22)4-7-16(13)21/h2-7,9,17-18H,8,10H2,1H3,(H2,24,28)(H,25,27)(H,26,29)/t17-,18-/m1/s1. The average Bonchev–Trinajstić information content (AvgIpc) is 2.64. The lowest BCUT2D eigenvalue weighted by Crippen LogP contribution is -2.54. The summed E-state index contributed by atoms with van der Waals surface area (Å²) in [5.41, 5.74) is 6.80. The van der Waals surface area contributed by atoms with Crippen LogP contribution in [0.4, 0.5) is 4.39 Å². The Hall–Kier alpha value is -2.45. The number of amides is 3. The molecule has 154 valence electrons. The van der Waals surface area contributed by atoms with Crippen LogP contribution in [0.5, 0.6) is 0 Å². The van der Waals surface area contributed by atoms with Crippen LogP contribution in [0.15, 0.2) is 46.9 Å². The molecule has 0 aromatic heterocycles. The van der Waals surface area contributed by atoms with Crippen LogP contribution in [-0.2, 0) is 27.2 Å². The fraction of sp³-hybridized carbons (Fsp3) is 0.250. The van der Waals surface area contributed by atoms with E-state index in [4.69, 9.17) is 17.3 Å². The van der Waals surface area contributed by atoms with Crippen molar-refractivity contribution in [2.75, 3.05) is 0 Å². The van der Waals surface area contributed by atoms with Gasteiger partial charge < -0.3 is 16.4 Å². The van der Waals surface area contributed by atoms with Gasteiger partial charge in [0.05, 0.1) is 0 Å². The van der Waals surface area contributed by atoms with Crippen molar-refractivity contribution in [2.24, 2.45) is 5.73 Å². The van der Waals surface area contributed by atoms with Gasteiger partial charge in [0.25, 0.3) is 0 Å². The van der Waals surface area contributed by atoms with Gasteiger partial charge in [-0.25, -0.2) is 4.39 Å². The molecule has 0 aliphatic rings. The van der Waals surface area contributed by atoms with E-state index in [1.54, 1.807) is 18.2 Å². The number of carbonyl (C=O) groups excluding carboxylic acids is 3. The van der Waals surface area contributed by atoms with Crippen LogP contribution >= 0.6 is 27.5 Å². The summed E-state index contributed by atoms with van der Waals surface area (Å²) in [5.74, 6) is -2.13. The van der Waals surface area contributed by atoms with Crippen LogP contribution in [-0.4, -0.2) is 29.8 Å². The molecule has 2 aromatic carbocycles. The second-order valence-electron chi connectivity index (χ2n) is 6.49. The predicted octanol–water partition coefficient (Wildman–Crippen LogP) is 2.50. The summed E-state index contributed by atoms with van der Waals surface area (Å²) in [6, 6.07) is 8.68. The number of halogens is 3. The molecule has 0 spiro atoms. The van der Waals surface area contributed by atoms with Gasteiger partial charge in [-0.15, -0.1) is 0 Å². The molecular formula is C20H20BrClFN3O3. The van der Waals surface area contributed by atoms with Crippen LogP contribution in [0.25, 0.3) is 0 Å². The predicted molar refractivity (Wildman–Crippen MR) is 112 cm³/mol. The lowest BCUT2D eigenvalue weighted by Gasteiger charge is -2.22. The quantitative estimate of drug-likeness (QED) is 0.536. The molecule has 6 nitrogen and oxygen atoms in total. The lowest BCUT2D eigenvalue weighted by molar-refractivity contribution is -0.130. The van der Waals surface area contributed by atoms with E-state index in [1.165, 1.54) is 31.2 Å². The van der Waals surface area contributed by atoms with Gasteiger partial charge in [-0.2, -0.15) is 0 Å². The van der Waals surface area contributed by atoms with E-state index in [1.807, 2.05) is 0 Å². The second-order valence-corrected chi connectivity index (χ2v) is 7.78. The third-order valence-electron chi connectivity index (χ3n) is 4.14. The number of primary amides is 1. The molecule has 0 saturated carbocycles. The number of hydrogen-bond donors (Lipinski definition) is 3. The molecule has 0 aliphatic carbocycles. The van der Waals surface area contributed by atoms with E-state index in [2.05, 4.69) is 26.6 Å². The van der Waals surface area contributed by atoms with Crippen LogP contribution in [0.3, 0.4) is 0 Å². The number of nitrogens with one attached hydrogen (secondary N) is 2. The van der Waals surface area contributed by atoms with Crippen LogP contribution < -0.4 is 16.4 Å². The van der Waals surface area contributed by atoms with E-state index in [0.29, 0.717) is 20.6 Å². The van der Waals surface area contributed by atoms with E-state index in [-0.39, 0.29) is 12.8 Å². The van der Waals surface area contributed by atoms with Crippen molar-refractivity contribution < 1.29 is 18.8 Å². The summed E-state index contributed by atoms with van der Waals surface area (Å²) in [6.45, 7) is 1.28. The van der Waals surface area contributed by atoms with Gasteiger partial charge in [0, 0.05) is 29.3 Å². The van der Waals surface area contributed by atoms with Crippen molar-refractivity contribution in [3.63, 3.8) is 0 Å². The van der Waals surface area contributed by atoms with Crippen molar-refractivity contribution in [3.05, 3.63) is 68.9 Å². The van der Waals surface area contributed by atoms with Gasteiger partial charge in [-0.1, -0.05) is 39.7 Å². The minimum Gasteiger partial charge on any atom is -0.368 e.